The van der Waals surface area contributed by atoms with Crippen molar-refractivity contribution in [2.45, 2.75) is 84.1 Å². The third-order valence-corrected chi connectivity index (χ3v) is 5.68. The first-order valence-electron chi connectivity index (χ1n) is 8.56. The van der Waals surface area contributed by atoms with Crippen molar-refractivity contribution in [1.29, 1.82) is 0 Å². The van der Waals surface area contributed by atoms with Gasteiger partial charge in [-0.15, -0.1) is 4.72 Å². The van der Waals surface area contributed by atoms with Gasteiger partial charge in [-0.25, -0.2) is 4.79 Å². The number of amides is 1. The number of nitrogens with zero attached hydrogens (tertiary/aromatic N) is 1. The Balaban J connectivity index is 2.53. The predicted octanol–water partition coefficient (Wildman–Crippen LogP) is 3.46. The molecule has 0 aromatic carbocycles. The Morgan fingerprint density at radius 3 is 2.35 bits per heavy atom. The van der Waals surface area contributed by atoms with Crippen molar-refractivity contribution in [3.63, 3.8) is 0 Å². The van der Waals surface area contributed by atoms with Crippen LogP contribution < -0.4 is 4.72 Å². The molecule has 0 aliphatic carbocycles. The van der Waals surface area contributed by atoms with Crippen LogP contribution >= 0.6 is 0 Å². The maximum absolute atomic E-state index is 12.2. The number of carbonyl (C=O) groups excluding carboxylic acids is 1. The second-order valence-corrected chi connectivity index (χ2v) is 10.4. The molecule has 1 heterocycles. The van der Waals surface area contributed by atoms with Gasteiger partial charge in [-0.05, 0) is 73.6 Å². The molecule has 0 spiro atoms. The Morgan fingerprint density at radius 2 is 1.83 bits per heavy atom. The highest BCUT2D eigenvalue weighted by molar-refractivity contribution is 7.90. The molecular formula is C17H34N2O3S. The van der Waals surface area contributed by atoms with Gasteiger partial charge in [0.15, 0.2) is 0 Å². The molecule has 1 fully saturated rings. The van der Waals surface area contributed by atoms with Gasteiger partial charge in [0, 0.05) is 24.5 Å². The smallest absolute Gasteiger partial charge is 0.410 e. The summed E-state index contributed by atoms with van der Waals surface area (Å²) in [5.74, 6) is 0.425. The topological polar surface area (TPSA) is 64.6 Å². The van der Waals surface area contributed by atoms with Gasteiger partial charge in [0.2, 0.25) is 0 Å². The lowest BCUT2D eigenvalue weighted by Gasteiger charge is -2.30. The Bertz CT molecular complexity index is 390. The Hall–Kier alpha value is -0.460. The molecule has 0 bridgehead atoms. The van der Waals surface area contributed by atoms with Crippen molar-refractivity contribution >= 4 is 17.5 Å². The van der Waals surface area contributed by atoms with E-state index >= 15 is 0 Å². The normalized spacial score (nSPS) is 23.1. The van der Waals surface area contributed by atoms with Crippen LogP contribution in [0.5, 0.6) is 0 Å². The minimum Gasteiger partial charge on any atom is -0.598 e. The maximum Gasteiger partial charge on any atom is 0.410 e. The number of carbonyl (C=O) groups is 1. The van der Waals surface area contributed by atoms with E-state index in [2.05, 4.69) is 11.6 Å². The summed E-state index contributed by atoms with van der Waals surface area (Å²) >= 11 is -1.06. The van der Waals surface area contributed by atoms with Gasteiger partial charge < -0.3 is 14.2 Å². The van der Waals surface area contributed by atoms with Crippen LogP contribution in [0.2, 0.25) is 0 Å². The quantitative estimate of drug-likeness (QED) is 0.795. The summed E-state index contributed by atoms with van der Waals surface area (Å²) in [5.41, 5.74) is -0.457. The molecule has 1 rings (SSSR count). The minimum absolute atomic E-state index is 0.175. The molecule has 2 unspecified atom stereocenters. The molecule has 1 N–H and O–H groups in total. The highest BCUT2D eigenvalue weighted by Gasteiger charge is 2.32. The average molecular weight is 347 g/mol. The number of nitrogens with one attached hydrogen (secondary N) is 1. The van der Waals surface area contributed by atoms with Crippen LogP contribution in [0.4, 0.5) is 4.79 Å². The highest BCUT2D eigenvalue weighted by Crippen LogP contribution is 2.24. The summed E-state index contributed by atoms with van der Waals surface area (Å²) in [6.07, 6.45) is 2.68. The zero-order valence-electron chi connectivity index (χ0n) is 15.8. The standard InChI is InChI=1S/C17H34N2O3S/c1-13(18-23(21)17(5,6)7)14-9-8-11-19(12-10-14)15(20)22-16(2,3)4/h13-14,18H,8-12H2,1-7H3/t13-,14?,23?/m0/s1. The molecule has 5 nitrogen and oxygen atoms in total. The molecule has 1 aliphatic rings. The fourth-order valence-corrected chi connectivity index (χ4v) is 3.46. The first-order valence-corrected chi connectivity index (χ1v) is 9.71. The Labute approximate surface area is 144 Å². The van der Waals surface area contributed by atoms with Crippen molar-refractivity contribution in [2.75, 3.05) is 13.1 Å². The van der Waals surface area contributed by atoms with E-state index in [-0.39, 0.29) is 16.9 Å². The van der Waals surface area contributed by atoms with Gasteiger partial charge in [0.05, 0.1) is 6.04 Å². The van der Waals surface area contributed by atoms with Crippen LogP contribution in [0.1, 0.15) is 67.7 Å². The number of rotatable bonds is 3. The third kappa shape index (κ3) is 7.31. The summed E-state index contributed by atoms with van der Waals surface area (Å²) in [5, 5.41) is 0. The van der Waals surface area contributed by atoms with Crippen LogP contribution in [0.25, 0.3) is 0 Å². The van der Waals surface area contributed by atoms with Gasteiger partial charge in [-0.3, -0.25) is 0 Å². The molecule has 0 saturated carbocycles. The van der Waals surface area contributed by atoms with Crippen molar-refractivity contribution in [1.82, 2.24) is 9.62 Å². The Morgan fingerprint density at radius 1 is 1.22 bits per heavy atom. The molecule has 0 radical (unpaired) electrons. The van der Waals surface area contributed by atoms with Crippen molar-refractivity contribution in [2.24, 2.45) is 5.92 Å². The van der Waals surface area contributed by atoms with Gasteiger partial charge in [-0.1, -0.05) is 0 Å². The van der Waals surface area contributed by atoms with E-state index in [9.17, 15) is 9.35 Å². The second-order valence-electron chi connectivity index (χ2n) is 8.45. The number of ether oxygens (including phenoxy) is 1. The molecule has 0 aromatic rings. The average Bonchev–Trinajstić information content (AvgIpc) is 2.61. The molecule has 3 atom stereocenters. The number of hydrogen-bond donors (Lipinski definition) is 1. The molecule has 1 saturated heterocycles. The SMILES string of the molecule is C[C@H](N[S+]([O-])C(C)(C)C)C1CCCN(C(=O)OC(C)(C)C)CC1. The van der Waals surface area contributed by atoms with E-state index in [0.29, 0.717) is 12.5 Å². The molecule has 6 heteroatoms. The lowest BCUT2D eigenvalue weighted by atomic mass is 9.94. The van der Waals surface area contributed by atoms with E-state index < -0.39 is 17.0 Å². The lowest BCUT2D eigenvalue weighted by Crippen LogP contribution is -2.46. The summed E-state index contributed by atoms with van der Waals surface area (Å²) in [6, 6.07) is 0.175. The lowest BCUT2D eigenvalue weighted by molar-refractivity contribution is 0.0254. The maximum atomic E-state index is 12.2. The van der Waals surface area contributed by atoms with Gasteiger partial charge in [0.25, 0.3) is 0 Å². The molecule has 1 aliphatic heterocycles. The second kappa shape index (κ2) is 8.08. The Kier molecular flexibility index (Phi) is 7.23. The predicted molar refractivity (Wildman–Crippen MR) is 95.6 cm³/mol. The van der Waals surface area contributed by atoms with Crippen molar-refractivity contribution in [3.8, 4) is 0 Å². The summed E-state index contributed by atoms with van der Waals surface area (Å²) in [6.45, 7) is 15.1. The van der Waals surface area contributed by atoms with E-state index in [0.717, 1.165) is 25.8 Å². The van der Waals surface area contributed by atoms with Crippen molar-refractivity contribution < 1.29 is 14.1 Å². The van der Waals surface area contributed by atoms with Crippen molar-refractivity contribution in [3.05, 3.63) is 0 Å². The zero-order chi connectivity index (χ0) is 17.8. The van der Waals surface area contributed by atoms with E-state index in [4.69, 9.17) is 4.74 Å². The van der Waals surface area contributed by atoms with Crippen LogP contribution in [0, 0.1) is 5.92 Å². The first-order chi connectivity index (χ1) is 10.4. The fourth-order valence-electron chi connectivity index (χ4n) is 2.57. The van der Waals surface area contributed by atoms with E-state index in [1.807, 2.05) is 41.5 Å². The number of hydrogen-bond acceptors (Lipinski definition) is 4. The summed E-state index contributed by atoms with van der Waals surface area (Å²) < 4.78 is 20.7. The first kappa shape index (κ1) is 20.6. The fraction of sp³-hybridized carbons (Fsp3) is 0.941. The van der Waals surface area contributed by atoms with Gasteiger partial charge >= 0.3 is 6.09 Å². The number of likely N-dealkylation sites (tertiary alicyclic amines) is 1. The summed E-state index contributed by atoms with van der Waals surface area (Å²) in [4.78, 5) is 14.0. The van der Waals surface area contributed by atoms with E-state index in [1.54, 1.807) is 4.90 Å². The zero-order valence-corrected chi connectivity index (χ0v) is 16.6. The monoisotopic (exact) mass is 346 g/mol. The largest absolute Gasteiger partial charge is 0.598 e. The molecule has 0 aromatic heterocycles. The minimum atomic E-state index is -1.06. The van der Waals surface area contributed by atoms with Crippen LogP contribution in [0.3, 0.4) is 0 Å². The van der Waals surface area contributed by atoms with Crippen LogP contribution in [-0.4, -0.2) is 45.0 Å². The van der Waals surface area contributed by atoms with Crippen LogP contribution in [0.15, 0.2) is 0 Å². The molecule has 136 valence electrons. The molecular weight excluding hydrogens is 312 g/mol. The highest BCUT2D eigenvalue weighted by atomic mass is 32.2. The molecule has 23 heavy (non-hydrogen) atoms. The van der Waals surface area contributed by atoms with Gasteiger partial charge in [-0.2, -0.15) is 0 Å². The molecule has 1 amide bonds. The van der Waals surface area contributed by atoms with Crippen LogP contribution in [-0.2, 0) is 16.1 Å². The third-order valence-electron chi connectivity index (χ3n) is 3.98. The van der Waals surface area contributed by atoms with E-state index in [1.165, 1.54) is 0 Å². The van der Waals surface area contributed by atoms with Gasteiger partial charge in [0.1, 0.15) is 10.3 Å². The summed E-state index contributed by atoms with van der Waals surface area (Å²) in [7, 11) is 0.